The second-order valence-electron chi connectivity index (χ2n) is 4.59. The van der Waals surface area contributed by atoms with Crippen LogP contribution < -0.4 is 5.32 Å². The highest BCUT2D eigenvalue weighted by atomic mass is 79.9. The Balaban J connectivity index is 2.24. The van der Waals surface area contributed by atoms with E-state index in [1.165, 1.54) is 0 Å². The molecule has 1 aromatic rings. The zero-order valence-corrected chi connectivity index (χ0v) is 14.5. The Morgan fingerprint density at radius 3 is 2.67 bits per heavy atom. The third-order valence-electron chi connectivity index (χ3n) is 3.21. The maximum atomic E-state index is 4.84. The summed E-state index contributed by atoms with van der Waals surface area (Å²) < 4.78 is 2.09. The lowest BCUT2D eigenvalue weighted by molar-refractivity contribution is 0.443. The van der Waals surface area contributed by atoms with Crippen LogP contribution in [0.15, 0.2) is 32.1 Å². The van der Waals surface area contributed by atoms with Crippen LogP contribution in [0.25, 0.3) is 0 Å². The maximum absolute atomic E-state index is 4.84. The van der Waals surface area contributed by atoms with Crippen molar-refractivity contribution in [1.29, 1.82) is 0 Å². The van der Waals surface area contributed by atoms with Crippen LogP contribution in [0.4, 0.5) is 5.69 Å². The number of anilines is 1. The molecule has 0 aliphatic carbocycles. The van der Waals surface area contributed by atoms with Gasteiger partial charge in [-0.3, -0.25) is 4.99 Å². The van der Waals surface area contributed by atoms with Gasteiger partial charge in [0.05, 0.1) is 11.2 Å². The molecule has 1 N–H and O–H groups in total. The summed E-state index contributed by atoms with van der Waals surface area (Å²) in [5.41, 5.74) is 1.13. The molecule has 1 aliphatic rings. The van der Waals surface area contributed by atoms with Crippen LogP contribution >= 0.6 is 43.6 Å². The first-order chi connectivity index (χ1) is 8.54. The Bertz CT molecular complexity index is 456. The molecular formula is C13H16Br2N2S. The Morgan fingerprint density at radius 2 is 2.06 bits per heavy atom. The zero-order valence-electron chi connectivity index (χ0n) is 10.5. The monoisotopic (exact) mass is 390 g/mol. The second-order valence-corrected chi connectivity index (χ2v) is 7.38. The Kier molecular flexibility index (Phi) is 4.78. The van der Waals surface area contributed by atoms with Crippen LogP contribution in [0.1, 0.15) is 26.7 Å². The largest absolute Gasteiger partial charge is 0.333 e. The maximum Gasteiger partial charge on any atom is 0.161 e. The lowest BCUT2D eigenvalue weighted by atomic mass is 9.97. The molecule has 0 spiro atoms. The van der Waals surface area contributed by atoms with Crippen LogP contribution in [-0.2, 0) is 0 Å². The summed E-state index contributed by atoms with van der Waals surface area (Å²) in [6.07, 6.45) is 2.23. The minimum atomic E-state index is 0.0846. The summed E-state index contributed by atoms with van der Waals surface area (Å²) in [6.45, 7) is 4.43. The van der Waals surface area contributed by atoms with Gasteiger partial charge < -0.3 is 5.32 Å². The standard InChI is InChI=1S/C13H16Br2N2S/c1-3-13(2)7-8-18-12(17-13)16-11-9(14)5-4-6-10(11)15/h4-6H,3,7-8H2,1-2H3,(H,16,17). The number of hydrogen-bond acceptors (Lipinski definition) is 3. The summed E-state index contributed by atoms with van der Waals surface area (Å²) in [5.74, 6) is 1.12. The van der Waals surface area contributed by atoms with Crippen molar-refractivity contribution in [3.8, 4) is 0 Å². The van der Waals surface area contributed by atoms with Crippen molar-refractivity contribution in [3.63, 3.8) is 0 Å². The Hall–Kier alpha value is -0.000000000000000111. The van der Waals surface area contributed by atoms with Crippen molar-refractivity contribution in [3.05, 3.63) is 27.1 Å². The highest BCUT2D eigenvalue weighted by molar-refractivity contribution is 9.11. The zero-order chi connectivity index (χ0) is 13.2. The van der Waals surface area contributed by atoms with Crippen molar-refractivity contribution in [2.24, 2.45) is 4.99 Å². The lowest BCUT2D eigenvalue weighted by Crippen LogP contribution is -2.29. The molecule has 0 bridgehead atoms. The average molecular weight is 392 g/mol. The van der Waals surface area contributed by atoms with E-state index in [0.717, 1.165) is 38.4 Å². The van der Waals surface area contributed by atoms with E-state index >= 15 is 0 Å². The predicted octanol–water partition coefficient (Wildman–Crippen LogP) is 5.29. The Labute approximate surface area is 129 Å². The molecule has 2 nitrogen and oxygen atoms in total. The van der Waals surface area contributed by atoms with E-state index in [1.54, 1.807) is 11.8 Å². The fraction of sp³-hybridized carbons (Fsp3) is 0.462. The quantitative estimate of drug-likeness (QED) is 0.740. The van der Waals surface area contributed by atoms with Crippen molar-refractivity contribution < 1.29 is 0 Å². The summed E-state index contributed by atoms with van der Waals surface area (Å²) in [4.78, 5) is 4.84. The summed E-state index contributed by atoms with van der Waals surface area (Å²) in [6, 6.07) is 6.06. The number of amidine groups is 1. The fourth-order valence-electron chi connectivity index (χ4n) is 1.74. The summed E-state index contributed by atoms with van der Waals surface area (Å²) in [7, 11) is 0. The van der Waals surface area contributed by atoms with E-state index < -0.39 is 0 Å². The van der Waals surface area contributed by atoms with Gasteiger partial charge in [-0.2, -0.15) is 0 Å². The topological polar surface area (TPSA) is 24.4 Å². The molecule has 1 aliphatic heterocycles. The summed E-state index contributed by atoms with van der Waals surface area (Å²) in [5, 5.41) is 4.44. The SMILES string of the molecule is CCC1(C)CCSC(Nc2c(Br)cccc2Br)=N1. The number of halogens is 2. The fourth-order valence-corrected chi connectivity index (χ4v) is 4.14. The molecule has 2 rings (SSSR count). The van der Waals surface area contributed by atoms with Crippen LogP contribution in [-0.4, -0.2) is 16.5 Å². The molecule has 0 radical (unpaired) electrons. The first-order valence-corrected chi connectivity index (χ1v) is 8.55. The van der Waals surface area contributed by atoms with Gasteiger partial charge >= 0.3 is 0 Å². The molecule has 98 valence electrons. The van der Waals surface area contributed by atoms with Gasteiger partial charge in [0.15, 0.2) is 5.17 Å². The molecule has 5 heteroatoms. The minimum Gasteiger partial charge on any atom is -0.333 e. The van der Waals surface area contributed by atoms with Gasteiger partial charge in [0.1, 0.15) is 0 Å². The normalized spacial score (nSPS) is 23.7. The van der Waals surface area contributed by atoms with Crippen molar-refractivity contribution in [2.45, 2.75) is 32.2 Å². The van der Waals surface area contributed by atoms with Crippen LogP contribution in [0.5, 0.6) is 0 Å². The molecule has 1 aromatic carbocycles. The van der Waals surface area contributed by atoms with Gasteiger partial charge in [-0.1, -0.05) is 24.8 Å². The molecule has 1 unspecified atom stereocenters. The van der Waals surface area contributed by atoms with Gasteiger partial charge in [-0.25, -0.2) is 0 Å². The highest BCUT2D eigenvalue weighted by Gasteiger charge is 2.26. The van der Waals surface area contributed by atoms with Crippen molar-refractivity contribution in [2.75, 3.05) is 11.1 Å². The van der Waals surface area contributed by atoms with Gasteiger partial charge in [-0.15, -0.1) is 0 Å². The smallest absolute Gasteiger partial charge is 0.161 e. The number of thioether (sulfide) groups is 1. The number of nitrogens with zero attached hydrogens (tertiary/aromatic N) is 1. The molecule has 1 heterocycles. The molecule has 0 amide bonds. The molecule has 1 atom stereocenters. The van der Waals surface area contributed by atoms with Crippen molar-refractivity contribution >= 4 is 54.5 Å². The first-order valence-electron chi connectivity index (χ1n) is 5.98. The van der Waals surface area contributed by atoms with Gasteiger partial charge in [0, 0.05) is 14.7 Å². The van der Waals surface area contributed by atoms with E-state index in [-0.39, 0.29) is 5.54 Å². The number of hydrogen-bond donors (Lipinski definition) is 1. The predicted molar refractivity (Wildman–Crippen MR) is 88.7 cm³/mol. The first kappa shape index (κ1) is 14.4. The van der Waals surface area contributed by atoms with Gasteiger partial charge in [-0.05, 0) is 63.8 Å². The minimum absolute atomic E-state index is 0.0846. The Morgan fingerprint density at radius 1 is 1.39 bits per heavy atom. The van der Waals surface area contributed by atoms with E-state index in [1.807, 2.05) is 18.2 Å². The number of aliphatic imine (C=N–C) groups is 1. The number of benzene rings is 1. The average Bonchev–Trinajstić information content (AvgIpc) is 2.34. The molecule has 0 saturated heterocycles. The number of nitrogens with one attached hydrogen (secondary N) is 1. The molecule has 0 fully saturated rings. The van der Waals surface area contributed by atoms with Crippen LogP contribution in [0.3, 0.4) is 0 Å². The second kappa shape index (κ2) is 5.97. The van der Waals surface area contributed by atoms with E-state index in [0.29, 0.717) is 0 Å². The molecular weight excluding hydrogens is 376 g/mol. The van der Waals surface area contributed by atoms with E-state index in [2.05, 4.69) is 51.0 Å². The molecule has 18 heavy (non-hydrogen) atoms. The third-order valence-corrected chi connectivity index (χ3v) is 5.40. The third kappa shape index (κ3) is 3.31. The molecule has 0 aromatic heterocycles. The number of para-hydroxylation sites is 1. The van der Waals surface area contributed by atoms with Crippen LogP contribution in [0, 0.1) is 0 Å². The van der Waals surface area contributed by atoms with E-state index in [4.69, 9.17) is 4.99 Å². The van der Waals surface area contributed by atoms with Crippen molar-refractivity contribution in [1.82, 2.24) is 0 Å². The lowest BCUT2D eigenvalue weighted by Gasteiger charge is -2.29. The summed E-state index contributed by atoms with van der Waals surface area (Å²) >= 11 is 8.92. The van der Waals surface area contributed by atoms with Crippen LogP contribution in [0.2, 0.25) is 0 Å². The molecule has 0 saturated carbocycles. The van der Waals surface area contributed by atoms with Gasteiger partial charge in [0.2, 0.25) is 0 Å². The van der Waals surface area contributed by atoms with E-state index in [9.17, 15) is 0 Å². The highest BCUT2D eigenvalue weighted by Crippen LogP contribution is 2.34. The number of rotatable bonds is 2. The van der Waals surface area contributed by atoms with Gasteiger partial charge in [0.25, 0.3) is 0 Å².